The average molecular weight is 401 g/mol. The summed E-state index contributed by atoms with van der Waals surface area (Å²) in [5.41, 5.74) is -0.564. The first kappa shape index (κ1) is 18.4. The Balaban J connectivity index is 3.32. The van der Waals surface area contributed by atoms with Crippen LogP contribution in [0.4, 0.5) is 4.39 Å². The molecule has 0 fully saturated rings. The standard InChI is InChI=1S/C13H16BrClFNO3S/c1-4-13(3,5-2)17-12(18)9-6-8(16)7-10(11(9)14)21(15,19)20/h6-7H,4-5H2,1-3H3,(H,17,18). The molecule has 8 heteroatoms. The van der Waals surface area contributed by atoms with E-state index >= 15 is 0 Å². The van der Waals surface area contributed by atoms with E-state index in [-0.39, 0.29) is 10.0 Å². The lowest BCUT2D eigenvalue weighted by Gasteiger charge is -2.28. The van der Waals surface area contributed by atoms with E-state index in [1.807, 2.05) is 20.8 Å². The Kier molecular flexibility index (Phi) is 5.80. The third kappa shape index (κ3) is 4.40. The van der Waals surface area contributed by atoms with Gasteiger partial charge in [-0.3, -0.25) is 4.79 Å². The molecule has 1 amide bonds. The lowest BCUT2D eigenvalue weighted by Crippen LogP contribution is -2.45. The van der Waals surface area contributed by atoms with Crippen molar-refractivity contribution in [1.29, 1.82) is 0 Å². The van der Waals surface area contributed by atoms with E-state index in [2.05, 4.69) is 21.2 Å². The number of nitrogens with one attached hydrogen (secondary N) is 1. The third-order valence-electron chi connectivity index (χ3n) is 3.49. The molecule has 0 atom stereocenters. The number of halogens is 3. The minimum atomic E-state index is -4.16. The number of benzene rings is 1. The van der Waals surface area contributed by atoms with Crippen molar-refractivity contribution in [3.05, 3.63) is 28.0 Å². The van der Waals surface area contributed by atoms with Gasteiger partial charge in [0.05, 0.1) is 10.0 Å². The van der Waals surface area contributed by atoms with Crippen LogP contribution in [0.15, 0.2) is 21.5 Å². The molecule has 0 saturated heterocycles. The van der Waals surface area contributed by atoms with Crippen LogP contribution in [-0.2, 0) is 9.05 Å². The van der Waals surface area contributed by atoms with Gasteiger partial charge in [0.2, 0.25) is 0 Å². The van der Waals surface area contributed by atoms with Gasteiger partial charge in [0.25, 0.3) is 15.0 Å². The van der Waals surface area contributed by atoms with Crippen LogP contribution in [0, 0.1) is 5.82 Å². The molecular formula is C13H16BrClFNO3S. The Morgan fingerprint density at radius 2 is 1.90 bits per heavy atom. The fraction of sp³-hybridized carbons (Fsp3) is 0.462. The highest BCUT2D eigenvalue weighted by molar-refractivity contribution is 9.10. The molecule has 0 spiro atoms. The summed E-state index contributed by atoms with van der Waals surface area (Å²) in [6, 6.07) is 1.73. The van der Waals surface area contributed by atoms with Gasteiger partial charge in [-0.05, 0) is 47.8 Å². The molecule has 1 N–H and O–H groups in total. The summed E-state index contributed by atoms with van der Waals surface area (Å²) < 4.78 is 36.4. The zero-order valence-corrected chi connectivity index (χ0v) is 15.0. The van der Waals surface area contributed by atoms with Crippen molar-refractivity contribution in [3.63, 3.8) is 0 Å². The zero-order chi connectivity index (χ0) is 16.4. The summed E-state index contributed by atoms with van der Waals surface area (Å²) in [6.45, 7) is 5.69. The van der Waals surface area contributed by atoms with Crippen molar-refractivity contribution in [2.45, 2.75) is 44.0 Å². The minimum Gasteiger partial charge on any atom is -0.347 e. The predicted octanol–water partition coefficient (Wildman–Crippen LogP) is 3.82. The second-order valence-electron chi connectivity index (χ2n) is 4.93. The molecule has 0 unspecified atom stereocenters. The number of hydrogen-bond acceptors (Lipinski definition) is 3. The topological polar surface area (TPSA) is 63.2 Å². The van der Waals surface area contributed by atoms with Crippen LogP contribution in [-0.4, -0.2) is 19.9 Å². The van der Waals surface area contributed by atoms with E-state index in [0.29, 0.717) is 12.8 Å². The molecule has 0 heterocycles. The largest absolute Gasteiger partial charge is 0.347 e. The van der Waals surface area contributed by atoms with Gasteiger partial charge in [-0.25, -0.2) is 12.8 Å². The van der Waals surface area contributed by atoms with Gasteiger partial charge in [-0.15, -0.1) is 0 Å². The molecule has 0 aliphatic rings. The summed E-state index contributed by atoms with van der Waals surface area (Å²) in [6.07, 6.45) is 1.37. The van der Waals surface area contributed by atoms with Gasteiger partial charge >= 0.3 is 0 Å². The second kappa shape index (κ2) is 6.62. The molecule has 0 aliphatic heterocycles. The maximum absolute atomic E-state index is 13.6. The van der Waals surface area contributed by atoms with Crippen LogP contribution in [0.25, 0.3) is 0 Å². The van der Waals surface area contributed by atoms with E-state index in [0.717, 1.165) is 12.1 Å². The molecular weight excluding hydrogens is 385 g/mol. The maximum atomic E-state index is 13.6. The fourth-order valence-electron chi connectivity index (χ4n) is 1.68. The highest BCUT2D eigenvalue weighted by Gasteiger charge is 2.27. The molecule has 1 aromatic carbocycles. The van der Waals surface area contributed by atoms with E-state index in [1.54, 1.807) is 0 Å². The smallest absolute Gasteiger partial charge is 0.262 e. The van der Waals surface area contributed by atoms with Gasteiger partial charge in [0.1, 0.15) is 10.7 Å². The van der Waals surface area contributed by atoms with Crippen molar-refractivity contribution in [2.75, 3.05) is 0 Å². The first-order chi connectivity index (χ1) is 9.54. The van der Waals surface area contributed by atoms with E-state index in [9.17, 15) is 17.6 Å². The van der Waals surface area contributed by atoms with Crippen LogP contribution in [0.5, 0.6) is 0 Å². The van der Waals surface area contributed by atoms with E-state index in [4.69, 9.17) is 10.7 Å². The summed E-state index contributed by atoms with van der Waals surface area (Å²) in [4.78, 5) is 11.8. The Labute approximate surface area is 136 Å². The van der Waals surface area contributed by atoms with Gasteiger partial charge in [0, 0.05) is 16.2 Å². The highest BCUT2D eigenvalue weighted by atomic mass is 79.9. The monoisotopic (exact) mass is 399 g/mol. The summed E-state index contributed by atoms with van der Waals surface area (Å²) in [5, 5.41) is 2.78. The van der Waals surface area contributed by atoms with Crippen LogP contribution in [0.1, 0.15) is 44.0 Å². The number of rotatable bonds is 5. The number of carbonyl (C=O) groups excluding carboxylic acids is 1. The quantitative estimate of drug-likeness (QED) is 0.764. The molecule has 0 saturated carbocycles. The van der Waals surface area contributed by atoms with Gasteiger partial charge in [-0.2, -0.15) is 0 Å². The molecule has 0 aromatic heterocycles. The Bertz CT molecular complexity index is 660. The Hall–Kier alpha value is -0.660. The maximum Gasteiger partial charge on any atom is 0.262 e. The molecule has 21 heavy (non-hydrogen) atoms. The molecule has 118 valence electrons. The molecule has 0 bridgehead atoms. The minimum absolute atomic E-state index is 0.0500. The van der Waals surface area contributed by atoms with Crippen LogP contribution < -0.4 is 5.32 Å². The molecule has 0 radical (unpaired) electrons. The van der Waals surface area contributed by atoms with Crippen molar-refractivity contribution < 1.29 is 17.6 Å². The van der Waals surface area contributed by atoms with Crippen LogP contribution in [0.3, 0.4) is 0 Å². The normalized spacial score (nSPS) is 12.3. The van der Waals surface area contributed by atoms with Crippen molar-refractivity contribution in [1.82, 2.24) is 5.32 Å². The summed E-state index contributed by atoms with van der Waals surface area (Å²) in [5.74, 6) is -1.41. The number of hydrogen-bond donors (Lipinski definition) is 1. The molecule has 4 nitrogen and oxygen atoms in total. The predicted molar refractivity (Wildman–Crippen MR) is 83.6 cm³/mol. The zero-order valence-electron chi connectivity index (χ0n) is 11.8. The Morgan fingerprint density at radius 3 is 2.33 bits per heavy atom. The number of carbonyl (C=O) groups is 1. The highest BCUT2D eigenvalue weighted by Crippen LogP contribution is 2.30. The Morgan fingerprint density at radius 1 is 1.38 bits per heavy atom. The first-order valence-electron chi connectivity index (χ1n) is 6.30. The van der Waals surface area contributed by atoms with Crippen molar-refractivity contribution in [3.8, 4) is 0 Å². The van der Waals surface area contributed by atoms with Gasteiger partial charge in [0.15, 0.2) is 0 Å². The van der Waals surface area contributed by atoms with Crippen LogP contribution >= 0.6 is 26.6 Å². The molecule has 0 aliphatic carbocycles. The fourth-order valence-corrected chi connectivity index (χ4v) is 3.95. The average Bonchev–Trinajstić information content (AvgIpc) is 2.39. The van der Waals surface area contributed by atoms with E-state index in [1.165, 1.54) is 0 Å². The van der Waals surface area contributed by atoms with Crippen LogP contribution in [0.2, 0.25) is 0 Å². The second-order valence-corrected chi connectivity index (χ2v) is 8.25. The number of amides is 1. The molecule has 1 aromatic rings. The first-order valence-corrected chi connectivity index (χ1v) is 9.40. The van der Waals surface area contributed by atoms with Crippen molar-refractivity contribution >= 4 is 41.6 Å². The molecule has 1 rings (SSSR count). The lowest BCUT2D eigenvalue weighted by atomic mass is 9.95. The van der Waals surface area contributed by atoms with Gasteiger partial charge in [-0.1, -0.05) is 13.8 Å². The van der Waals surface area contributed by atoms with Gasteiger partial charge < -0.3 is 5.32 Å². The SMILES string of the molecule is CCC(C)(CC)NC(=O)c1cc(F)cc(S(=O)(=O)Cl)c1Br. The van der Waals surface area contributed by atoms with E-state index < -0.39 is 31.2 Å². The summed E-state index contributed by atoms with van der Waals surface area (Å²) >= 11 is 3.01. The van der Waals surface area contributed by atoms with Crippen molar-refractivity contribution in [2.24, 2.45) is 0 Å². The summed E-state index contributed by atoms with van der Waals surface area (Å²) in [7, 11) is 1.08. The lowest BCUT2D eigenvalue weighted by molar-refractivity contribution is 0.0899. The third-order valence-corrected chi connectivity index (χ3v) is 5.95.